The van der Waals surface area contributed by atoms with Crippen molar-refractivity contribution >= 4 is 39.9 Å². The van der Waals surface area contributed by atoms with Crippen molar-refractivity contribution in [2.75, 3.05) is 0 Å². The van der Waals surface area contributed by atoms with Crippen LogP contribution in [0.15, 0.2) is 101 Å². The Morgan fingerprint density at radius 2 is 1.33 bits per heavy atom. The van der Waals surface area contributed by atoms with E-state index in [1.165, 1.54) is 11.3 Å². The maximum Gasteiger partial charge on any atom is 0.264 e. The number of para-hydroxylation sites is 1. The molecule has 4 aromatic rings. The second-order valence-corrected chi connectivity index (χ2v) is 6.56. The Morgan fingerprint density at radius 1 is 0.778 bits per heavy atom. The van der Waals surface area contributed by atoms with Crippen molar-refractivity contribution in [1.29, 1.82) is 0 Å². The molecule has 3 aromatic carbocycles. The predicted octanol–water partition coefficient (Wildman–Crippen LogP) is 5.72. The fraction of sp³-hybridized carbons (Fsp3) is 0. The summed E-state index contributed by atoms with van der Waals surface area (Å²) in [7, 11) is 0. The van der Waals surface area contributed by atoms with Gasteiger partial charge in [0.2, 0.25) is 0 Å². The zero-order valence-corrected chi connectivity index (χ0v) is 16.9. The molecule has 0 atom stereocenters. The van der Waals surface area contributed by atoms with Gasteiger partial charge in [-0.25, -0.2) is 4.99 Å². The Morgan fingerprint density at radius 3 is 1.96 bits per heavy atom. The van der Waals surface area contributed by atoms with Crippen molar-refractivity contribution in [1.82, 2.24) is 4.57 Å². The summed E-state index contributed by atoms with van der Waals surface area (Å²) in [6.07, 6.45) is 0. The van der Waals surface area contributed by atoms with Gasteiger partial charge in [0.15, 0.2) is 4.80 Å². The monoisotopic (exact) mass is 436 g/mol. The van der Waals surface area contributed by atoms with Gasteiger partial charge in [0.25, 0.3) is 5.91 Å². The van der Waals surface area contributed by atoms with E-state index in [1.54, 1.807) is 4.57 Å². The molecule has 1 heterocycles. The van der Waals surface area contributed by atoms with Crippen LogP contribution in [0.4, 0.5) is 5.69 Å². The fourth-order valence-electron chi connectivity index (χ4n) is 2.72. The first-order valence-electron chi connectivity index (χ1n) is 8.28. The summed E-state index contributed by atoms with van der Waals surface area (Å²) in [5.74, 6) is -0.0830. The van der Waals surface area contributed by atoms with Crippen LogP contribution in [0.5, 0.6) is 0 Å². The first kappa shape index (κ1) is 19.0. The van der Waals surface area contributed by atoms with E-state index >= 15 is 0 Å². The lowest BCUT2D eigenvalue weighted by molar-refractivity contribution is 0.0959. The molecular formula is C22H17BrN2OS. The largest absolute Gasteiger partial charge is 0.268 e. The van der Waals surface area contributed by atoms with Gasteiger partial charge in [0.1, 0.15) is 0 Å². The van der Waals surface area contributed by atoms with Crippen LogP contribution in [0.3, 0.4) is 0 Å². The second-order valence-electron chi connectivity index (χ2n) is 5.72. The Balaban J connectivity index is 0.00000210. The molecule has 0 bridgehead atoms. The van der Waals surface area contributed by atoms with Gasteiger partial charge >= 0.3 is 0 Å². The minimum atomic E-state index is -0.0830. The number of hydrogen-bond acceptors (Lipinski definition) is 3. The average Bonchev–Trinajstić information content (AvgIpc) is 3.13. The highest BCUT2D eigenvalue weighted by molar-refractivity contribution is 8.93. The maximum atomic E-state index is 13.2. The summed E-state index contributed by atoms with van der Waals surface area (Å²) in [6.45, 7) is 0. The van der Waals surface area contributed by atoms with Gasteiger partial charge in [0.05, 0.1) is 11.4 Å². The molecule has 0 aliphatic heterocycles. The number of aromatic nitrogens is 1. The lowest BCUT2D eigenvalue weighted by Crippen LogP contribution is -2.24. The third kappa shape index (κ3) is 4.15. The molecule has 27 heavy (non-hydrogen) atoms. The van der Waals surface area contributed by atoms with Crippen LogP contribution >= 0.6 is 28.3 Å². The standard InChI is InChI=1S/C22H16N2OS.BrH/c25-21(18-12-6-2-7-13-18)24-20(17-10-4-1-5-11-17)16-26-22(24)23-19-14-8-3-9-15-19;/h1-16H;1H. The summed E-state index contributed by atoms with van der Waals surface area (Å²) in [5, 5.41) is 1.98. The van der Waals surface area contributed by atoms with E-state index in [0.717, 1.165) is 16.9 Å². The van der Waals surface area contributed by atoms with E-state index in [2.05, 4.69) is 0 Å². The number of benzene rings is 3. The summed E-state index contributed by atoms with van der Waals surface area (Å²) < 4.78 is 1.70. The molecule has 0 spiro atoms. The van der Waals surface area contributed by atoms with Crippen molar-refractivity contribution in [2.45, 2.75) is 0 Å². The van der Waals surface area contributed by atoms with Crippen molar-refractivity contribution in [3.63, 3.8) is 0 Å². The van der Waals surface area contributed by atoms with Crippen molar-refractivity contribution < 1.29 is 4.79 Å². The zero-order chi connectivity index (χ0) is 17.8. The number of thiazole rings is 1. The van der Waals surface area contributed by atoms with Crippen LogP contribution in [-0.2, 0) is 0 Å². The quantitative estimate of drug-likeness (QED) is 0.404. The van der Waals surface area contributed by atoms with Crippen LogP contribution < -0.4 is 4.80 Å². The SMILES string of the molecule is Br.O=C(c1ccccc1)n1c(-c2ccccc2)csc1=Nc1ccccc1. The topological polar surface area (TPSA) is 34.4 Å². The molecule has 0 radical (unpaired) electrons. The van der Waals surface area contributed by atoms with E-state index < -0.39 is 0 Å². The molecule has 0 saturated carbocycles. The summed E-state index contributed by atoms with van der Waals surface area (Å²) in [6, 6.07) is 28.9. The number of nitrogens with zero attached hydrogens (tertiary/aromatic N) is 2. The summed E-state index contributed by atoms with van der Waals surface area (Å²) in [4.78, 5) is 18.6. The van der Waals surface area contributed by atoms with E-state index in [0.29, 0.717) is 10.4 Å². The van der Waals surface area contributed by atoms with Gasteiger partial charge in [-0.3, -0.25) is 9.36 Å². The minimum Gasteiger partial charge on any atom is -0.268 e. The van der Waals surface area contributed by atoms with Crippen LogP contribution in [0.25, 0.3) is 11.3 Å². The van der Waals surface area contributed by atoms with Crippen LogP contribution in [0.1, 0.15) is 10.4 Å². The number of halogens is 1. The average molecular weight is 437 g/mol. The number of carbonyl (C=O) groups is 1. The highest BCUT2D eigenvalue weighted by Gasteiger charge is 2.16. The van der Waals surface area contributed by atoms with Crippen molar-refractivity contribution in [3.05, 3.63) is 107 Å². The van der Waals surface area contributed by atoms with E-state index in [-0.39, 0.29) is 22.9 Å². The Kier molecular flexibility index (Phi) is 6.16. The molecule has 4 rings (SSSR count). The summed E-state index contributed by atoms with van der Waals surface area (Å²) in [5.41, 5.74) is 3.29. The van der Waals surface area contributed by atoms with Crippen LogP contribution in [-0.4, -0.2) is 10.5 Å². The first-order chi connectivity index (χ1) is 12.8. The van der Waals surface area contributed by atoms with Gasteiger partial charge in [-0.15, -0.1) is 28.3 Å². The lowest BCUT2D eigenvalue weighted by atomic mass is 10.1. The molecule has 0 N–H and O–H groups in total. The number of hydrogen-bond donors (Lipinski definition) is 0. The third-order valence-corrected chi connectivity index (χ3v) is 4.81. The van der Waals surface area contributed by atoms with Crippen LogP contribution in [0, 0.1) is 0 Å². The first-order valence-corrected chi connectivity index (χ1v) is 9.16. The van der Waals surface area contributed by atoms with Gasteiger partial charge < -0.3 is 0 Å². The molecule has 5 heteroatoms. The maximum absolute atomic E-state index is 13.2. The van der Waals surface area contributed by atoms with Crippen LogP contribution in [0.2, 0.25) is 0 Å². The molecule has 134 valence electrons. The van der Waals surface area contributed by atoms with Crippen molar-refractivity contribution in [2.24, 2.45) is 4.99 Å². The highest BCUT2D eigenvalue weighted by Crippen LogP contribution is 2.21. The Bertz CT molecular complexity index is 1090. The molecule has 0 amide bonds. The zero-order valence-electron chi connectivity index (χ0n) is 14.4. The van der Waals surface area contributed by atoms with E-state index in [9.17, 15) is 4.79 Å². The minimum absolute atomic E-state index is 0. The molecule has 3 nitrogen and oxygen atoms in total. The fourth-order valence-corrected chi connectivity index (χ4v) is 3.62. The lowest BCUT2D eigenvalue weighted by Gasteiger charge is -2.08. The van der Waals surface area contributed by atoms with Gasteiger partial charge in [-0.05, 0) is 29.8 Å². The molecular weight excluding hydrogens is 420 g/mol. The Hall–Kier alpha value is -2.76. The molecule has 0 aliphatic carbocycles. The molecule has 1 aromatic heterocycles. The summed E-state index contributed by atoms with van der Waals surface area (Å²) >= 11 is 1.46. The molecule has 0 saturated heterocycles. The van der Waals surface area contributed by atoms with E-state index in [1.807, 2.05) is 96.4 Å². The number of rotatable bonds is 3. The van der Waals surface area contributed by atoms with Gasteiger partial charge in [-0.2, -0.15) is 0 Å². The molecule has 0 fully saturated rings. The van der Waals surface area contributed by atoms with Crippen molar-refractivity contribution in [3.8, 4) is 11.3 Å². The molecule has 0 aliphatic rings. The van der Waals surface area contributed by atoms with Gasteiger partial charge in [0, 0.05) is 10.9 Å². The number of carbonyl (C=O) groups excluding carboxylic acids is 1. The third-order valence-electron chi connectivity index (χ3n) is 3.98. The molecule has 0 unspecified atom stereocenters. The normalized spacial score (nSPS) is 11.0. The second kappa shape index (κ2) is 8.75. The smallest absolute Gasteiger partial charge is 0.264 e. The van der Waals surface area contributed by atoms with E-state index in [4.69, 9.17) is 4.99 Å². The highest BCUT2D eigenvalue weighted by atomic mass is 79.9. The Labute approximate surface area is 172 Å². The predicted molar refractivity (Wildman–Crippen MR) is 116 cm³/mol. The van der Waals surface area contributed by atoms with Gasteiger partial charge in [-0.1, -0.05) is 66.7 Å².